The molecule has 0 unspecified atom stereocenters. The molecule has 1 aromatic carbocycles. The van der Waals surface area contributed by atoms with Gasteiger partial charge in [-0.1, -0.05) is 29.8 Å². The molecule has 164 valence electrons. The molecule has 3 aromatic rings. The van der Waals surface area contributed by atoms with Gasteiger partial charge in [0, 0.05) is 36.4 Å². The Hall–Kier alpha value is -3.94. The van der Waals surface area contributed by atoms with Gasteiger partial charge in [-0.25, -0.2) is 9.78 Å². The molecule has 32 heavy (non-hydrogen) atoms. The van der Waals surface area contributed by atoms with Gasteiger partial charge in [0.2, 0.25) is 5.91 Å². The van der Waals surface area contributed by atoms with E-state index >= 15 is 0 Å². The number of carbonyl (C=O) groups excluding carboxylic acids is 3. The lowest BCUT2D eigenvalue weighted by atomic mass is 9.93. The molecule has 4 rings (SSSR count). The Morgan fingerprint density at radius 3 is 2.62 bits per heavy atom. The Morgan fingerprint density at radius 2 is 1.94 bits per heavy atom. The van der Waals surface area contributed by atoms with E-state index in [1.807, 2.05) is 37.3 Å². The minimum atomic E-state index is -0.544. The van der Waals surface area contributed by atoms with Crippen molar-refractivity contribution < 1.29 is 19.1 Å². The number of hydrogen-bond donors (Lipinski definition) is 2. The number of amides is 2. The maximum atomic E-state index is 13.1. The number of aromatic nitrogens is 2. The van der Waals surface area contributed by atoms with Crippen molar-refractivity contribution in [3.8, 4) is 11.3 Å². The molecule has 0 bridgehead atoms. The highest BCUT2D eigenvalue weighted by molar-refractivity contribution is 6.04. The van der Waals surface area contributed by atoms with Crippen LogP contribution in [0.2, 0.25) is 0 Å². The van der Waals surface area contributed by atoms with E-state index in [0.29, 0.717) is 23.5 Å². The standard InChI is InChI=1S/C24H24N4O4/c1-14-4-6-16(7-5-14)10-18-22-19(12-28(13-20(22)30)24(31)32-3)27-23(18)17-8-9-25-21(11-17)26-15(2)29/h4-9,11,27H,10,12-13H2,1-3H3,(H,25,26,29). The molecule has 0 saturated carbocycles. The summed E-state index contributed by atoms with van der Waals surface area (Å²) in [6, 6.07) is 11.7. The number of carbonyl (C=O) groups is 3. The van der Waals surface area contributed by atoms with Gasteiger partial charge in [-0.05, 0) is 30.2 Å². The van der Waals surface area contributed by atoms with Gasteiger partial charge in [-0.3, -0.25) is 14.5 Å². The lowest BCUT2D eigenvalue weighted by molar-refractivity contribution is -0.114. The number of anilines is 1. The van der Waals surface area contributed by atoms with Gasteiger partial charge in [0.25, 0.3) is 0 Å². The summed E-state index contributed by atoms with van der Waals surface area (Å²) in [5.74, 6) is 0.0629. The van der Waals surface area contributed by atoms with E-state index in [1.165, 1.54) is 18.9 Å². The van der Waals surface area contributed by atoms with Gasteiger partial charge in [0.1, 0.15) is 5.82 Å². The van der Waals surface area contributed by atoms with Crippen molar-refractivity contribution in [2.75, 3.05) is 19.0 Å². The SMILES string of the molecule is COC(=O)N1CC(=O)c2c([nH]c(-c3ccnc(NC(C)=O)c3)c2Cc2ccc(C)cc2)C1. The van der Waals surface area contributed by atoms with Crippen LogP contribution in [0.15, 0.2) is 42.6 Å². The van der Waals surface area contributed by atoms with Crippen LogP contribution in [-0.2, 0) is 22.5 Å². The van der Waals surface area contributed by atoms with Crippen LogP contribution >= 0.6 is 0 Å². The molecule has 0 atom stereocenters. The third-order valence-corrected chi connectivity index (χ3v) is 5.43. The minimum absolute atomic E-state index is 0.0364. The number of Topliss-reactive ketones (excluding diaryl/α,β-unsaturated/α-hetero) is 1. The van der Waals surface area contributed by atoms with Crippen LogP contribution in [0.25, 0.3) is 11.3 Å². The molecule has 2 aromatic heterocycles. The molecule has 8 heteroatoms. The molecule has 3 heterocycles. The van der Waals surface area contributed by atoms with Crippen LogP contribution in [-0.4, -0.2) is 46.3 Å². The molecule has 0 aliphatic carbocycles. The lowest BCUT2D eigenvalue weighted by Crippen LogP contribution is -2.39. The number of nitrogens with one attached hydrogen (secondary N) is 2. The first kappa shape index (κ1) is 21.3. The summed E-state index contributed by atoms with van der Waals surface area (Å²) in [5.41, 5.74) is 5.92. The second-order valence-corrected chi connectivity index (χ2v) is 7.85. The van der Waals surface area contributed by atoms with Crippen LogP contribution < -0.4 is 5.32 Å². The van der Waals surface area contributed by atoms with Gasteiger partial charge in [0.15, 0.2) is 5.78 Å². The number of pyridine rings is 1. The molecule has 8 nitrogen and oxygen atoms in total. The van der Waals surface area contributed by atoms with Gasteiger partial charge in [0.05, 0.1) is 25.9 Å². The minimum Gasteiger partial charge on any atom is -0.453 e. The zero-order valence-electron chi connectivity index (χ0n) is 18.2. The number of aryl methyl sites for hydroxylation is 1. The van der Waals surface area contributed by atoms with E-state index in [9.17, 15) is 14.4 Å². The predicted octanol–water partition coefficient (Wildman–Crippen LogP) is 3.70. The fourth-order valence-corrected chi connectivity index (χ4v) is 3.98. The highest BCUT2D eigenvalue weighted by atomic mass is 16.5. The van der Waals surface area contributed by atoms with E-state index in [4.69, 9.17) is 4.74 Å². The van der Waals surface area contributed by atoms with Gasteiger partial charge in [-0.2, -0.15) is 0 Å². The first-order chi connectivity index (χ1) is 15.4. The van der Waals surface area contributed by atoms with Crippen molar-refractivity contribution in [1.82, 2.24) is 14.9 Å². The summed E-state index contributed by atoms with van der Waals surface area (Å²) in [5, 5.41) is 2.69. The Labute approximate surface area is 185 Å². The first-order valence-electron chi connectivity index (χ1n) is 10.2. The molecule has 2 N–H and O–H groups in total. The van der Waals surface area contributed by atoms with Crippen molar-refractivity contribution in [2.45, 2.75) is 26.8 Å². The molecule has 0 fully saturated rings. The van der Waals surface area contributed by atoms with Crippen molar-refractivity contribution in [1.29, 1.82) is 0 Å². The molecule has 0 saturated heterocycles. The number of benzene rings is 1. The zero-order chi connectivity index (χ0) is 22.8. The van der Waals surface area contributed by atoms with E-state index < -0.39 is 6.09 Å². The van der Waals surface area contributed by atoms with E-state index in [2.05, 4.69) is 15.3 Å². The maximum absolute atomic E-state index is 13.1. The van der Waals surface area contributed by atoms with Crippen molar-refractivity contribution in [2.24, 2.45) is 0 Å². The summed E-state index contributed by atoms with van der Waals surface area (Å²) in [6.45, 7) is 3.66. The second-order valence-electron chi connectivity index (χ2n) is 7.85. The molecular weight excluding hydrogens is 408 g/mol. The number of methoxy groups -OCH3 is 1. The van der Waals surface area contributed by atoms with Crippen LogP contribution in [0.1, 0.15) is 39.7 Å². The maximum Gasteiger partial charge on any atom is 0.410 e. The molecule has 1 aliphatic rings. The molecule has 1 aliphatic heterocycles. The normalized spacial score (nSPS) is 13.0. The van der Waals surface area contributed by atoms with Crippen LogP contribution in [0, 0.1) is 6.92 Å². The molecule has 0 spiro atoms. The monoisotopic (exact) mass is 432 g/mol. The van der Waals surface area contributed by atoms with E-state index in [1.54, 1.807) is 12.3 Å². The van der Waals surface area contributed by atoms with E-state index in [-0.39, 0.29) is 24.8 Å². The summed E-state index contributed by atoms with van der Waals surface area (Å²) >= 11 is 0. The fourth-order valence-electron chi connectivity index (χ4n) is 3.98. The van der Waals surface area contributed by atoms with Crippen molar-refractivity contribution in [3.63, 3.8) is 0 Å². The number of fused-ring (bicyclic) bond motifs is 1. The lowest BCUT2D eigenvalue weighted by Gasteiger charge is -2.25. The summed E-state index contributed by atoms with van der Waals surface area (Å²) in [7, 11) is 1.30. The quantitative estimate of drug-likeness (QED) is 0.654. The van der Waals surface area contributed by atoms with Crippen LogP contribution in [0.4, 0.5) is 10.6 Å². The number of nitrogens with zero attached hydrogens (tertiary/aromatic N) is 2. The highest BCUT2D eigenvalue weighted by Gasteiger charge is 2.32. The average molecular weight is 432 g/mol. The summed E-state index contributed by atoms with van der Waals surface area (Å²) in [6.07, 6.45) is 1.61. The van der Waals surface area contributed by atoms with Crippen LogP contribution in [0.3, 0.4) is 0 Å². The van der Waals surface area contributed by atoms with Gasteiger partial charge < -0.3 is 15.0 Å². The number of aromatic amines is 1. The van der Waals surface area contributed by atoms with E-state index in [0.717, 1.165) is 27.9 Å². The smallest absolute Gasteiger partial charge is 0.410 e. The molecule has 0 radical (unpaired) electrons. The Morgan fingerprint density at radius 1 is 1.19 bits per heavy atom. The predicted molar refractivity (Wildman–Crippen MR) is 119 cm³/mol. The Bertz CT molecular complexity index is 1200. The van der Waals surface area contributed by atoms with Crippen molar-refractivity contribution >= 4 is 23.6 Å². The second kappa shape index (κ2) is 8.66. The Kier molecular flexibility index (Phi) is 5.77. The third kappa shape index (κ3) is 4.25. The molecule has 2 amide bonds. The average Bonchev–Trinajstić information content (AvgIpc) is 3.13. The topological polar surface area (TPSA) is 104 Å². The Balaban J connectivity index is 1.82. The number of H-pyrrole nitrogens is 1. The third-order valence-electron chi connectivity index (χ3n) is 5.43. The number of rotatable bonds is 4. The zero-order valence-corrected chi connectivity index (χ0v) is 18.2. The fraction of sp³-hybridized carbons (Fsp3) is 0.250. The largest absolute Gasteiger partial charge is 0.453 e. The number of ketones is 1. The number of ether oxygens (including phenoxy) is 1. The van der Waals surface area contributed by atoms with Crippen LogP contribution in [0.5, 0.6) is 0 Å². The number of hydrogen-bond acceptors (Lipinski definition) is 5. The van der Waals surface area contributed by atoms with Gasteiger partial charge >= 0.3 is 6.09 Å². The highest BCUT2D eigenvalue weighted by Crippen LogP contribution is 2.34. The summed E-state index contributed by atoms with van der Waals surface area (Å²) < 4.78 is 4.81. The molecular formula is C24H24N4O4. The van der Waals surface area contributed by atoms with Gasteiger partial charge in [-0.15, -0.1) is 0 Å². The van der Waals surface area contributed by atoms with Crippen molar-refractivity contribution in [3.05, 3.63) is 70.5 Å². The first-order valence-corrected chi connectivity index (χ1v) is 10.2. The summed E-state index contributed by atoms with van der Waals surface area (Å²) in [4.78, 5) is 45.5.